The zero-order chi connectivity index (χ0) is 16.1. The SMILES string of the molecule is O=c1c(Br)c(N/N=C\[C@H]2CC=CCC2)cnn1-c1ccccc1. The standard InChI is InChI=1S/C17H17BrN4O/c18-16-15(21-19-11-13-7-3-1-4-8-13)12-20-22(17(16)23)14-9-5-2-6-10-14/h1-3,5-6,9-13,21H,4,7-8H2/b19-11-/t13-/m0/s1. The largest absolute Gasteiger partial charge is 0.287 e. The first-order chi connectivity index (χ1) is 11.3. The lowest BCUT2D eigenvalue weighted by Crippen LogP contribution is -2.22. The van der Waals surface area contributed by atoms with Crippen molar-refractivity contribution >= 4 is 27.8 Å². The predicted octanol–water partition coefficient (Wildman–Crippen LogP) is 3.75. The van der Waals surface area contributed by atoms with Crippen molar-refractivity contribution in [3.8, 4) is 5.69 Å². The van der Waals surface area contributed by atoms with Crippen molar-refractivity contribution in [1.82, 2.24) is 9.78 Å². The van der Waals surface area contributed by atoms with E-state index in [0.29, 0.717) is 16.1 Å². The van der Waals surface area contributed by atoms with E-state index >= 15 is 0 Å². The molecule has 0 spiro atoms. The van der Waals surface area contributed by atoms with Crippen LogP contribution in [0, 0.1) is 5.92 Å². The highest BCUT2D eigenvalue weighted by Gasteiger charge is 2.10. The molecule has 0 saturated heterocycles. The highest BCUT2D eigenvalue weighted by Crippen LogP contribution is 2.19. The maximum atomic E-state index is 12.4. The van der Waals surface area contributed by atoms with Crippen LogP contribution in [0.4, 0.5) is 5.69 Å². The summed E-state index contributed by atoms with van der Waals surface area (Å²) in [4.78, 5) is 12.4. The topological polar surface area (TPSA) is 59.3 Å². The second-order valence-electron chi connectivity index (χ2n) is 5.36. The summed E-state index contributed by atoms with van der Waals surface area (Å²) in [6, 6.07) is 9.30. The van der Waals surface area contributed by atoms with Crippen LogP contribution >= 0.6 is 15.9 Å². The Balaban J connectivity index is 1.77. The van der Waals surface area contributed by atoms with Crippen molar-refractivity contribution in [2.24, 2.45) is 11.0 Å². The normalized spacial score (nSPS) is 17.5. The monoisotopic (exact) mass is 372 g/mol. The number of hydrogen-bond acceptors (Lipinski definition) is 4. The lowest BCUT2D eigenvalue weighted by atomic mass is 9.96. The van der Waals surface area contributed by atoms with Crippen LogP contribution in [0.5, 0.6) is 0 Å². The average Bonchev–Trinajstić information content (AvgIpc) is 2.60. The van der Waals surface area contributed by atoms with Crippen LogP contribution in [0.25, 0.3) is 5.69 Å². The number of hydrazone groups is 1. The molecule has 1 aliphatic carbocycles. The minimum absolute atomic E-state index is 0.225. The number of para-hydroxylation sites is 1. The number of benzene rings is 1. The molecule has 1 atom stereocenters. The van der Waals surface area contributed by atoms with Gasteiger partial charge in [0.15, 0.2) is 0 Å². The number of nitrogens with one attached hydrogen (secondary N) is 1. The molecule has 3 rings (SSSR count). The van der Waals surface area contributed by atoms with Crippen LogP contribution in [0.3, 0.4) is 0 Å². The summed E-state index contributed by atoms with van der Waals surface area (Å²) in [5, 5.41) is 8.44. The zero-order valence-electron chi connectivity index (χ0n) is 12.5. The van der Waals surface area contributed by atoms with Gasteiger partial charge in [-0.2, -0.15) is 14.9 Å². The molecule has 1 aromatic heterocycles. The fraction of sp³-hybridized carbons (Fsp3) is 0.235. The third-order valence-corrected chi connectivity index (χ3v) is 4.47. The van der Waals surface area contributed by atoms with Crippen molar-refractivity contribution in [3.63, 3.8) is 0 Å². The molecule has 1 N–H and O–H groups in total. The second-order valence-corrected chi connectivity index (χ2v) is 6.15. The Hall–Kier alpha value is -2.21. The molecule has 0 bridgehead atoms. The predicted molar refractivity (Wildman–Crippen MR) is 96.1 cm³/mol. The first-order valence-corrected chi connectivity index (χ1v) is 8.32. The molecular formula is C17H17BrN4O. The van der Waals surface area contributed by atoms with Crippen LogP contribution in [0.1, 0.15) is 19.3 Å². The van der Waals surface area contributed by atoms with Crippen molar-refractivity contribution in [2.75, 3.05) is 5.43 Å². The molecule has 0 unspecified atom stereocenters. The third kappa shape index (κ3) is 3.76. The molecule has 5 nitrogen and oxygen atoms in total. The van der Waals surface area contributed by atoms with Gasteiger partial charge in [-0.05, 0) is 53.2 Å². The summed E-state index contributed by atoms with van der Waals surface area (Å²) >= 11 is 3.33. The highest BCUT2D eigenvalue weighted by atomic mass is 79.9. The summed E-state index contributed by atoms with van der Waals surface area (Å²) in [7, 11) is 0. The van der Waals surface area contributed by atoms with E-state index < -0.39 is 0 Å². The van der Waals surface area contributed by atoms with Gasteiger partial charge in [0.1, 0.15) is 4.47 Å². The van der Waals surface area contributed by atoms with E-state index in [1.165, 1.54) is 4.68 Å². The van der Waals surface area contributed by atoms with E-state index in [2.05, 4.69) is 43.7 Å². The third-order valence-electron chi connectivity index (χ3n) is 3.70. The van der Waals surface area contributed by atoms with Gasteiger partial charge in [-0.25, -0.2) is 0 Å². The number of allylic oxidation sites excluding steroid dienone is 2. The molecule has 6 heteroatoms. The summed E-state index contributed by atoms with van der Waals surface area (Å²) < 4.78 is 1.77. The number of hydrogen-bond donors (Lipinski definition) is 1. The van der Waals surface area contributed by atoms with Gasteiger partial charge < -0.3 is 0 Å². The first kappa shape index (κ1) is 15.7. The molecule has 118 valence electrons. The Bertz CT molecular complexity index is 783. The van der Waals surface area contributed by atoms with E-state index in [4.69, 9.17) is 0 Å². The van der Waals surface area contributed by atoms with E-state index in [-0.39, 0.29) is 5.56 Å². The molecule has 2 aromatic rings. The van der Waals surface area contributed by atoms with Gasteiger partial charge in [0.25, 0.3) is 5.56 Å². The molecule has 1 aromatic carbocycles. The molecule has 0 saturated carbocycles. The minimum atomic E-state index is -0.225. The van der Waals surface area contributed by atoms with Crippen molar-refractivity contribution < 1.29 is 0 Å². The molecule has 1 heterocycles. The number of halogens is 1. The number of aromatic nitrogens is 2. The van der Waals surface area contributed by atoms with Crippen molar-refractivity contribution in [2.45, 2.75) is 19.3 Å². The van der Waals surface area contributed by atoms with Gasteiger partial charge in [-0.1, -0.05) is 30.4 Å². The summed E-state index contributed by atoms with van der Waals surface area (Å²) in [6.07, 6.45) is 11.1. The summed E-state index contributed by atoms with van der Waals surface area (Å²) in [5.74, 6) is 0.448. The van der Waals surface area contributed by atoms with Crippen molar-refractivity contribution in [1.29, 1.82) is 0 Å². The van der Waals surface area contributed by atoms with Crippen LogP contribution in [-0.4, -0.2) is 16.0 Å². The highest BCUT2D eigenvalue weighted by molar-refractivity contribution is 9.10. The molecule has 23 heavy (non-hydrogen) atoms. The van der Waals surface area contributed by atoms with Gasteiger partial charge in [-0.3, -0.25) is 10.2 Å². The number of rotatable bonds is 4. The minimum Gasteiger partial charge on any atom is -0.276 e. The molecule has 0 amide bonds. The average molecular weight is 373 g/mol. The number of nitrogens with zero attached hydrogens (tertiary/aromatic N) is 3. The van der Waals surface area contributed by atoms with E-state index in [9.17, 15) is 4.79 Å². The maximum Gasteiger partial charge on any atom is 0.287 e. The Kier molecular flexibility index (Phi) is 5.02. The Morgan fingerprint density at radius 3 is 2.87 bits per heavy atom. The van der Waals surface area contributed by atoms with Gasteiger partial charge in [-0.15, -0.1) is 0 Å². The Labute approximate surface area is 142 Å². The Morgan fingerprint density at radius 1 is 1.30 bits per heavy atom. The van der Waals surface area contributed by atoms with Crippen LogP contribution < -0.4 is 11.0 Å². The molecule has 0 aliphatic heterocycles. The zero-order valence-corrected chi connectivity index (χ0v) is 14.1. The van der Waals surface area contributed by atoms with Gasteiger partial charge in [0.05, 0.1) is 17.6 Å². The van der Waals surface area contributed by atoms with Crippen LogP contribution in [0.2, 0.25) is 0 Å². The lowest BCUT2D eigenvalue weighted by Gasteiger charge is -2.12. The van der Waals surface area contributed by atoms with E-state index in [0.717, 1.165) is 24.9 Å². The van der Waals surface area contributed by atoms with Gasteiger partial charge in [0, 0.05) is 6.21 Å². The maximum absolute atomic E-state index is 12.4. The molecule has 0 fully saturated rings. The first-order valence-electron chi connectivity index (χ1n) is 7.53. The second kappa shape index (κ2) is 7.37. The number of anilines is 1. The molecular weight excluding hydrogens is 356 g/mol. The quantitative estimate of drug-likeness (QED) is 0.505. The van der Waals surface area contributed by atoms with Crippen LogP contribution in [0.15, 0.2) is 63.0 Å². The summed E-state index contributed by atoms with van der Waals surface area (Å²) in [6.45, 7) is 0. The summed E-state index contributed by atoms with van der Waals surface area (Å²) in [5.41, 5.74) is 3.96. The fourth-order valence-electron chi connectivity index (χ4n) is 2.43. The van der Waals surface area contributed by atoms with Crippen molar-refractivity contribution in [3.05, 3.63) is 63.5 Å². The smallest absolute Gasteiger partial charge is 0.276 e. The molecule has 1 aliphatic rings. The lowest BCUT2D eigenvalue weighted by molar-refractivity contribution is 0.627. The molecule has 0 radical (unpaired) electrons. The fourth-order valence-corrected chi connectivity index (χ4v) is 2.79. The van der Waals surface area contributed by atoms with Gasteiger partial charge >= 0.3 is 0 Å². The van der Waals surface area contributed by atoms with E-state index in [1.54, 1.807) is 6.20 Å². The van der Waals surface area contributed by atoms with Crippen LogP contribution in [-0.2, 0) is 0 Å². The van der Waals surface area contributed by atoms with Gasteiger partial charge in [0.2, 0.25) is 0 Å². The Morgan fingerprint density at radius 2 is 2.13 bits per heavy atom. The van der Waals surface area contributed by atoms with E-state index in [1.807, 2.05) is 36.5 Å².